The van der Waals surface area contributed by atoms with Crippen molar-refractivity contribution < 1.29 is 13.2 Å². The molecular formula is C15H12BrF3N. The Labute approximate surface area is 123 Å². The van der Waals surface area contributed by atoms with Crippen molar-refractivity contribution in [3.05, 3.63) is 70.6 Å². The number of benzene rings is 2. The molecule has 2 aromatic carbocycles. The molecule has 1 N–H and O–H groups in total. The van der Waals surface area contributed by atoms with Gasteiger partial charge in [0.15, 0.2) is 0 Å². The van der Waals surface area contributed by atoms with Crippen LogP contribution in [0.5, 0.6) is 0 Å². The zero-order valence-corrected chi connectivity index (χ0v) is 12.1. The van der Waals surface area contributed by atoms with E-state index in [1.165, 1.54) is 6.07 Å². The Morgan fingerprint density at radius 3 is 2.45 bits per heavy atom. The molecule has 0 saturated carbocycles. The molecule has 0 heterocycles. The van der Waals surface area contributed by atoms with E-state index in [1.807, 2.05) is 24.3 Å². The molecule has 0 bridgehead atoms. The van der Waals surface area contributed by atoms with Gasteiger partial charge in [0.1, 0.15) is 0 Å². The van der Waals surface area contributed by atoms with E-state index >= 15 is 0 Å². The summed E-state index contributed by atoms with van der Waals surface area (Å²) in [6, 6.07) is 11.6. The lowest BCUT2D eigenvalue weighted by molar-refractivity contribution is -0.138. The van der Waals surface area contributed by atoms with E-state index in [0.29, 0.717) is 12.1 Å². The largest absolute Gasteiger partial charge is 0.417 e. The number of halogens is 4. The quantitative estimate of drug-likeness (QED) is 0.801. The smallest absolute Gasteiger partial charge is 0.381 e. The average molecular weight is 343 g/mol. The highest BCUT2D eigenvalue weighted by Crippen LogP contribution is 2.35. The highest BCUT2D eigenvalue weighted by atomic mass is 79.9. The van der Waals surface area contributed by atoms with E-state index < -0.39 is 11.7 Å². The van der Waals surface area contributed by atoms with Crippen LogP contribution in [0.2, 0.25) is 0 Å². The number of anilines is 1. The summed E-state index contributed by atoms with van der Waals surface area (Å²) in [5, 5.41) is 3.08. The predicted molar refractivity (Wildman–Crippen MR) is 77.4 cm³/mol. The van der Waals surface area contributed by atoms with E-state index in [2.05, 4.69) is 28.2 Å². The van der Waals surface area contributed by atoms with Gasteiger partial charge in [-0.2, -0.15) is 13.2 Å². The molecule has 0 atom stereocenters. The highest BCUT2D eigenvalue weighted by Gasteiger charge is 2.32. The zero-order valence-electron chi connectivity index (χ0n) is 10.5. The summed E-state index contributed by atoms with van der Waals surface area (Å²) in [7, 11) is 0. The first-order valence-corrected chi connectivity index (χ1v) is 6.67. The molecule has 0 aliphatic heterocycles. The number of nitrogens with one attached hydrogen (secondary N) is 1. The van der Waals surface area contributed by atoms with Gasteiger partial charge in [0.25, 0.3) is 0 Å². The fourth-order valence-electron chi connectivity index (χ4n) is 1.79. The van der Waals surface area contributed by atoms with Gasteiger partial charge in [0, 0.05) is 16.7 Å². The van der Waals surface area contributed by atoms with Gasteiger partial charge in [-0.1, -0.05) is 40.2 Å². The van der Waals surface area contributed by atoms with Crippen LogP contribution in [0.1, 0.15) is 16.7 Å². The minimum absolute atomic E-state index is 0.0475. The molecule has 5 heteroatoms. The molecule has 105 valence electrons. The molecule has 1 nitrogen and oxygen atoms in total. The van der Waals surface area contributed by atoms with Crippen LogP contribution in [0.4, 0.5) is 18.9 Å². The Balaban J connectivity index is 2.17. The van der Waals surface area contributed by atoms with Crippen molar-refractivity contribution in [2.75, 3.05) is 5.32 Å². The second kappa shape index (κ2) is 5.87. The molecule has 0 unspecified atom stereocenters. The third-order valence-corrected chi connectivity index (χ3v) is 3.53. The van der Waals surface area contributed by atoms with Crippen LogP contribution >= 0.6 is 15.9 Å². The Kier molecular flexibility index (Phi) is 4.38. The maximum Gasteiger partial charge on any atom is 0.417 e. The van der Waals surface area contributed by atoms with Crippen LogP contribution in [-0.2, 0) is 12.7 Å². The second-order valence-corrected chi connectivity index (χ2v) is 5.18. The van der Waals surface area contributed by atoms with Crippen molar-refractivity contribution in [2.45, 2.75) is 12.7 Å². The van der Waals surface area contributed by atoms with Crippen LogP contribution in [-0.4, -0.2) is 0 Å². The molecule has 0 aromatic heterocycles. The SMILES string of the molecule is [CH2]c1ccccc1NCc1ccc(Br)c(C(F)(F)F)c1. The van der Waals surface area contributed by atoms with Gasteiger partial charge >= 0.3 is 6.18 Å². The Morgan fingerprint density at radius 2 is 1.80 bits per heavy atom. The summed E-state index contributed by atoms with van der Waals surface area (Å²) < 4.78 is 38.4. The third-order valence-electron chi connectivity index (χ3n) is 2.84. The van der Waals surface area contributed by atoms with Gasteiger partial charge in [-0.05, 0) is 36.2 Å². The number of hydrogen-bond acceptors (Lipinski definition) is 1. The lowest BCUT2D eigenvalue weighted by Crippen LogP contribution is -2.08. The fraction of sp³-hybridized carbons (Fsp3) is 0.133. The van der Waals surface area contributed by atoms with Gasteiger partial charge in [-0.15, -0.1) is 0 Å². The van der Waals surface area contributed by atoms with Crippen LogP contribution < -0.4 is 5.32 Å². The summed E-state index contributed by atoms with van der Waals surface area (Å²) in [5.41, 5.74) is 1.51. The van der Waals surface area contributed by atoms with E-state index in [0.717, 1.165) is 17.3 Å². The molecule has 1 radical (unpaired) electrons. The Hall–Kier alpha value is -1.49. The third kappa shape index (κ3) is 3.54. The Morgan fingerprint density at radius 1 is 1.10 bits per heavy atom. The van der Waals surface area contributed by atoms with Gasteiger partial charge in [0.05, 0.1) is 5.56 Å². The van der Waals surface area contributed by atoms with Crippen molar-refractivity contribution in [3.8, 4) is 0 Å². The minimum Gasteiger partial charge on any atom is -0.381 e. The maximum absolute atomic E-state index is 12.8. The van der Waals surface area contributed by atoms with Gasteiger partial charge in [-0.25, -0.2) is 0 Å². The molecule has 20 heavy (non-hydrogen) atoms. The summed E-state index contributed by atoms with van der Waals surface area (Å²) >= 11 is 2.92. The second-order valence-electron chi connectivity index (χ2n) is 4.32. The molecular weight excluding hydrogens is 331 g/mol. The predicted octanol–water partition coefficient (Wildman–Crippen LogP) is 5.26. The molecule has 0 aliphatic carbocycles. The number of para-hydroxylation sites is 1. The van der Waals surface area contributed by atoms with Gasteiger partial charge in [0.2, 0.25) is 0 Å². The van der Waals surface area contributed by atoms with Crippen molar-refractivity contribution >= 4 is 21.6 Å². The molecule has 0 saturated heterocycles. The zero-order chi connectivity index (χ0) is 14.8. The molecule has 2 rings (SSSR count). The first-order valence-electron chi connectivity index (χ1n) is 5.88. The molecule has 0 spiro atoms. The minimum atomic E-state index is -4.36. The van der Waals surface area contributed by atoms with Crippen molar-refractivity contribution in [1.82, 2.24) is 0 Å². The lowest BCUT2D eigenvalue weighted by Gasteiger charge is -2.13. The molecule has 0 aliphatic rings. The Bertz CT molecular complexity index is 608. The number of rotatable bonds is 3. The summed E-state index contributed by atoms with van der Waals surface area (Å²) in [6.07, 6.45) is -4.36. The standard InChI is InChI=1S/C15H12BrF3N/c1-10-4-2-3-5-14(10)20-9-11-6-7-13(16)12(8-11)15(17,18)19/h2-8,20H,1,9H2. The monoisotopic (exact) mass is 342 g/mol. The van der Waals surface area contributed by atoms with Crippen LogP contribution in [0.3, 0.4) is 0 Å². The first kappa shape index (κ1) is 14.9. The fourth-order valence-corrected chi connectivity index (χ4v) is 2.26. The normalized spacial score (nSPS) is 11.4. The maximum atomic E-state index is 12.8. The van der Waals surface area contributed by atoms with Crippen molar-refractivity contribution in [2.24, 2.45) is 0 Å². The number of alkyl halides is 3. The first-order chi connectivity index (χ1) is 9.38. The van der Waals surface area contributed by atoms with Crippen molar-refractivity contribution in [1.29, 1.82) is 0 Å². The summed E-state index contributed by atoms with van der Waals surface area (Å²) in [6.45, 7) is 4.16. The molecule has 0 fully saturated rings. The topological polar surface area (TPSA) is 12.0 Å². The van der Waals surface area contributed by atoms with Gasteiger partial charge < -0.3 is 5.32 Å². The summed E-state index contributed by atoms with van der Waals surface area (Å²) in [5.74, 6) is 0. The van der Waals surface area contributed by atoms with E-state index in [9.17, 15) is 13.2 Å². The molecule has 0 amide bonds. The molecule has 2 aromatic rings. The highest BCUT2D eigenvalue weighted by molar-refractivity contribution is 9.10. The summed E-state index contributed by atoms with van der Waals surface area (Å²) in [4.78, 5) is 0. The van der Waals surface area contributed by atoms with Gasteiger partial charge in [-0.3, -0.25) is 0 Å². The average Bonchev–Trinajstić information content (AvgIpc) is 2.38. The lowest BCUT2D eigenvalue weighted by atomic mass is 10.1. The van der Waals surface area contributed by atoms with E-state index in [1.54, 1.807) is 6.07 Å². The van der Waals surface area contributed by atoms with Crippen LogP contribution in [0.25, 0.3) is 0 Å². The van der Waals surface area contributed by atoms with E-state index in [4.69, 9.17) is 0 Å². The van der Waals surface area contributed by atoms with Crippen LogP contribution in [0, 0.1) is 6.92 Å². The van der Waals surface area contributed by atoms with Crippen molar-refractivity contribution in [3.63, 3.8) is 0 Å². The number of hydrogen-bond donors (Lipinski definition) is 1. The van der Waals surface area contributed by atoms with E-state index in [-0.39, 0.29) is 4.47 Å². The van der Waals surface area contributed by atoms with Crippen LogP contribution in [0.15, 0.2) is 46.9 Å².